The van der Waals surface area contributed by atoms with Crippen molar-refractivity contribution in [2.45, 2.75) is 19.8 Å². The minimum Gasteiger partial charge on any atom is -0.393 e. The molecule has 0 saturated heterocycles. The van der Waals surface area contributed by atoms with Crippen molar-refractivity contribution >= 4 is 17.2 Å². The quantitative estimate of drug-likeness (QED) is 0.775. The minimum absolute atomic E-state index is 0.198. The van der Waals surface area contributed by atoms with Gasteiger partial charge in [0.25, 0.3) is 0 Å². The van der Waals surface area contributed by atoms with E-state index in [1.165, 1.54) is 12.1 Å². The molecule has 0 aliphatic carbocycles. The summed E-state index contributed by atoms with van der Waals surface area (Å²) in [5, 5.41) is 0. The molecule has 1 nitrogen and oxygen atoms in total. The SMILES string of the molecule is CC(CC(N)=S)Cc1ccc(F)cc1. The Bertz CT molecular complexity index is 308. The molecule has 0 aliphatic heterocycles. The lowest BCUT2D eigenvalue weighted by Crippen LogP contribution is -2.13. The first-order valence-electron chi connectivity index (χ1n) is 4.60. The van der Waals surface area contributed by atoms with E-state index in [-0.39, 0.29) is 5.82 Å². The topological polar surface area (TPSA) is 26.0 Å². The third-order valence-electron chi connectivity index (χ3n) is 2.05. The van der Waals surface area contributed by atoms with Crippen LogP contribution in [0.4, 0.5) is 4.39 Å². The smallest absolute Gasteiger partial charge is 0.123 e. The van der Waals surface area contributed by atoms with Gasteiger partial charge in [-0.25, -0.2) is 4.39 Å². The van der Waals surface area contributed by atoms with Gasteiger partial charge in [-0.05, 0) is 30.0 Å². The van der Waals surface area contributed by atoms with Crippen molar-refractivity contribution in [2.24, 2.45) is 11.7 Å². The van der Waals surface area contributed by atoms with Crippen LogP contribution in [0.2, 0.25) is 0 Å². The molecule has 3 heteroatoms. The molecule has 2 N–H and O–H groups in total. The molecule has 76 valence electrons. The van der Waals surface area contributed by atoms with E-state index < -0.39 is 0 Å². The molecule has 0 aliphatic rings. The number of nitrogens with two attached hydrogens (primary N) is 1. The number of hydrogen-bond donors (Lipinski definition) is 1. The summed E-state index contributed by atoms with van der Waals surface area (Å²) < 4.78 is 12.6. The highest BCUT2D eigenvalue weighted by atomic mass is 32.1. The summed E-state index contributed by atoms with van der Waals surface area (Å²) in [5.74, 6) is 0.216. The van der Waals surface area contributed by atoms with Crippen molar-refractivity contribution in [2.75, 3.05) is 0 Å². The average molecular weight is 211 g/mol. The highest BCUT2D eigenvalue weighted by Crippen LogP contribution is 2.12. The maximum atomic E-state index is 12.6. The van der Waals surface area contributed by atoms with E-state index in [2.05, 4.69) is 6.92 Å². The number of hydrogen-bond acceptors (Lipinski definition) is 1. The molecule has 1 aromatic carbocycles. The van der Waals surface area contributed by atoms with Crippen LogP contribution in [0.5, 0.6) is 0 Å². The van der Waals surface area contributed by atoms with Crippen molar-refractivity contribution < 1.29 is 4.39 Å². The van der Waals surface area contributed by atoms with Crippen LogP contribution in [0.25, 0.3) is 0 Å². The third kappa shape index (κ3) is 3.83. The Balaban J connectivity index is 2.51. The maximum absolute atomic E-state index is 12.6. The number of rotatable bonds is 4. The second-order valence-electron chi connectivity index (χ2n) is 3.61. The molecule has 0 bridgehead atoms. The van der Waals surface area contributed by atoms with Crippen molar-refractivity contribution in [1.82, 2.24) is 0 Å². The normalized spacial score (nSPS) is 12.4. The molecule has 0 saturated carbocycles. The molecule has 14 heavy (non-hydrogen) atoms. The lowest BCUT2D eigenvalue weighted by Gasteiger charge is -2.09. The molecule has 0 radical (unpaired) electrons. The van der Waals surface area contributed by atoms with Crippen molar-refractivity contribution in [3.63, 3.8) is 0 Å². The van der Waals surface area contributed by atoms with E-state index in [9.17, 15) is 4.39 Å². The van der Waals surface area contributed by atoms with Crippen LogP contribution in [0.15, 0.2) is 24.3 Å². The fraction of sp³-hybridized carbons (Fsp3) is 0.364. The van der Waals surface area contributed by atoms with Crippen LogP contribution in [-0.2, 0) is 6.42 Å². The van der Waals surface area contributed by atoms with Gasteiger partial charge in [0.1, 0.15) is 5.82 Å². The first-order valence-corrected chi connectivity index (χ1v) is 5.01. The molecule has 1 aromatic rings. The molecule has 0 amide bonds. The minimum atomic E-state index is -0.198. The van der Waals surface area contributed by atoms with E-state index in [4.69, 9.17) is 18.0 Å². The largest absolute Gasteiger partial charge is 0.393 e. The van der Waals surface area contributed by atoms with Gasteiger partial charge in [-0.15, -0.1) is 0 Å². The predicted octanol–water partition coefficient (Wildman–Crippen LogP) is 2.68. The Morgan fingerprint density at radius 3 is 2.50 bits per heavy atom. The second kappa shape index (κ2) is 5.05. The summed E-state index contributed by atoms with van der Waals surface area (Å²) in [5.41, 5.74) is 6.56. The van der Waals surface area contributed by atoms with Gasteiger partial charge in [0.15, 0.2) is 0 Å². The van der Waals surface area contributed by atoms with Crippen molar-refractivity contribution in [1.29, 1.82) is 0 Å². The van der Waals surface area contributed by atoms with E-state index in [0.717, 1.165) is 18.4 Å². The molecule has 1 atom stereocenters. The molecule has 0 fully saturated rings. The molecule has 1 unspecified atom stereocenters. The van der Waals surface area contributed by atoms with E-state index in [1.807, 2.05) is 0 Å². The summed E-state index contributed by atoms with van der Waals surface area (Å²) >= 11 is 4.83. The number of thiocarbonyl (C=S) groups is 1. The molecular weight excluding hydrogens is 197 g/mol. The zero-order valence-electron chi connectivity index (χ0n) is 8.16. The highest BCUT2D eigenvalue weighted by Gasteiger charge is 2.04. The van der Waals surface area contributed by atoms with Gasteiger partial charge in [-0.2, -0.15) is 0 Å². The first kappa shape index (κ1) is 11.1. The summed E-state index contributed by atoms with van der Waals surface area (Å²) in [6.07, 6.45) is 1.63. The zero-order valence-corrected chi connectivity index (χ0v) is 8.98. The first-order chi connectivity index (χ1) is 6.58. The summed E-state index contributed by atoms with van der Waals surface area (Å²) in [7, 11) is 0. The van der Waals surface area contributed by atoms with Gasteiger partial charge in [-0.1, -0.05) is 31.3 Å². The summed E-state index contributed by atoms with van der Waals surface area (Å²) in [4.78, 5) is 0.541. The van der Waals surface area contributed by atoms with Crippen LogP contribution < -0.4 is 5.73 Å². The van der Waals surface area contributed by atoms with E-state index in [1.54, 1.807) is 12.1 Å². The molecule has 0 spiro atoms. The molecular formula is C11H14FNS. The average Bonchev–Trinajstić information content (AvgIpc) is 2.07. The van der Waals surface area contributed by atoms with Crippen molar-refractivity contribution in [3.05, 3.63) is 35.6 Å². The highest BCUT2D eigenvalue weighted by molar-refractivity contribution is 7.80. The predicted molar refractivity (Wildman–Crippen MR) is 60.7 cm³/mol. The number of halogens is 1. The molecule has 1 rings (SSSR count). The Hall–Kier alpha value is -0.960. The Kier molecular flexibility index (Phi) is 4.01. The van der Waals surface area contributed by atoms with Gasteiger partial charge >= 0.3 is 0 Å². The monoisotopic (exact) mass is 211 g/mol. The molecule has 0 aromatic heterocycles. The fourth-order valence-electron chi connectivity index (χ4n) is 1.44. The van der Waals surface area contributed by atoms with Crippen molar-refractivity contribution in [3.8, 4) is 0 Å². The summed E-state index contributed by atoms with van der Waals surface area (Å²) in [6, 6.07) is 6.54. The Labute approximate surface area is 89.1 Å². The van der Waals surface area contributed by atoms with Crippen LogP contribution in [-0.4, -0.2) is 4.99 Å². The maximum Gasteiger partial charge on any atom is 0.123 e. The third-order valence-corrected chi connectivity index (χ3v) is 2.21. The van der Waals surface area contributed by atoms with Crippen LogP contribution in [0, 0.1) is 11.7 Å². The lowest BCUT2D eigenvalue weighted by atomic mass is 9.98. The second-order valence-corrected chi connectivity index (χ2v) is 4.13. The Morgan fingerprint density at radius 2 is 2.00 bits per heavy atom. The summed E-state index contributed by atoms with van der Waals surface area (Å²) in [6.45, 7) is 2.09. The van der Waals surface area contributed by atoms with E-state index in [0.29, 0.717) is 10.9 Å². The van der Waals surface area contributed by atoms with Gasteiger partial charge in [0.2, 0.25) is 0 Å². The molecule has 0 heterocycles. The van der Waals surface area contributed by atoms with E-state index >= 15 is 0 Å². The van der Waals surface area contributed by atoms with Gasteiger partial charge in [0, 0.05) is 6.42 Å². The van der Waals surface area contributed by atoms with Crippen LogP contribution in [0.1, 0.15) is 18.9 Å². The zero-order chi connectivity index (χ0) is 10.6. The standard InChI is InChI=1S/C11H14FNS/c1-8(7-11(13)14)6-9-2-4-10(12)5-3-9/h2-5,8H,6-7H2,1H3,(H2,13,14). The van der Waals surface area contributed by atoms with Crippen LogP contribution >= 0.6 is 12.2 Å². The lowest BCUT2D eigenvalue weighted by molar-refractivity contribution is 0.601. The Morgan fingerprint density at radius 1 is 1.43 bits per heavy atom. The van der Waals surface area contributed by atoms with Gasteiger partial charge < -0.3 is 5.73 Å². The number of benzene rings is 1. The van der Waals surface area contributed by atoms with Crippen LogP contribution in [0.3, 0.4) is 0 Å². The van der Waals surface area contributed by atoms with Gasteiger partial charge in [-0.3, -0.25) is 0 Å². The van der Waals surface area contributed by atoms with Gasteiger partial charge in [0.05, 0.1) is 4.99 Å². The fourth-order valence-corrected chi connectivity index (χ4v) is 1.72.